The smallest absolute Gasteiger partial charge is 1.00 e. The number of nitrogens with zero attached hydrogens (tertiary/aromatic N) is 1. The third-order valence-corrected chi connectivity index (χ3v) is 5.59. The van der Waals surface area contributed by atoms with Gasteiger partial charge < -0.3 is 0 Å². The zero-order valence-electron chi connectivity index (χ0n) is 12.3. The molecule has 0 bridgehead atoms. The minimum Gasteiger partial charge on any atom is 1.00 e. The molecule has 1 aromatic rings. The fourth-order valence-electron chi connectivity index (χ4n) is 2.40. The fraction of sp³-hybridized carbons (Fsp3) is 0.500. The molecule has 2 rings (SSSR count). The predicted molar refractivity (Wildman–Crippen MR) is 73.5 cm³/mol. The van der Waals surface area contributed by atoms with Crippen LogP contribution < -0.4 is 38.0 Å². The molecule has 5 nitrogen and oxygen atoms in total. The van der Waals surface area contributed by atoms with E-state index in [9.17, 15) is 12.6 Å². The van der Waals surface area contributed by atoms with E-state index in [-0.39, 0.29) is 39.8 Å². The fourth-order valence-corrected chi connectivity index (χ4v) is 3.51. The second-order valence-electron chi connectivity index (χ2n) is 5.13. The second kappa shape index (κ2) is 8.56. The van der Waals surface area contributed by atoms with Gasteiger partial charge in [0, 0.05) is 0 Å². The first-order valence-electron chi connectivity index (χ1n) is 6.88. The zero-order chi connectivity index (χ0) is 14.6. The maximum absolute atomic E-state index is 12.0. The summed E-state index contributed by atoms with van der Waals surface area (Å²) in [6.07, 6.45) is 4.40. The molecule has 1 atom stereocenters. The van der Waals surface area contributed by atoms with E-state index < -0.39 is 14.2 Å². The molecule has 0 aromatic heterocycles. The molecule has 0 saturated carbocycles. The number of aryl methyl sites for hydroxylation is 1. The maximum atomic E-state index is 12.0. The van der Waals surface area contributed by atoms with E-state index in [1.807, 2.05) is 4.90 Å². The number of rotatable bonds is 4. The standard InChI is InChI=1S/C14H20AsNO4.Na/c17-14(16-10-2-1-3-11-16)9-6-12-4-7-13(8-5-12)15(18,19)20;/h4-5,7-8H,1-3,6,9-11H2,(H2,18,19,20);/q;+1/p-1. The van der Waals surface area contributed by atoms with Crippen molar-refractivity contribution in [2.24, 2.45) is 0 Å². The zero-order valence-corrected chi connectivity index (χ0v) is 16.2. The first-order chi connectivity index (χ1) is 9.47. The van der Waals surface area contributed by atoms with Gasteiger partial charge in [-0.05, 0) is 0 Å². The molecule has 1 unspecified atom stereocenters. The van der Waals surface area contributed by atoms with E-state index in [4.69, 9.17) is 4.10 Å². The Morgan fingerprint density at radius 1 is 1.19 bits per heavy atom. The quantitative estimate of drug-likeness (QED) is 0.565. The summed E-state index contributed by atoms with van der Waals surface area (Å²) < 4.78 is 30.9. The average Bonchev–Trinajstić information content (AvgIpc) is 2.45. The number of amides is 1. The van der Waals surface area contributed by atoms with Crippen LogP contribution in [0.15, 0.2) is 24.3 Å². The van der Waals surface area contributed by atoms with E-state index in [1.54, 1.807) is 12.1 Å². The van der Waals surface area contributed by atoms with E-state index in [2.05, 4.69) is 0 Å². The van der Waals surface area contributed by atoms with Crippen LogP contribution in [0.5, 0.6) is 0 Å². The van der Waals surface area contributed by atoms with Gasteiger partial charge in [0.15, 0.2) is 0 Å². The molecule has 21 heavy (non-hydrogen) atoms. The third-order valence-electron chi connectivity index (χ3n) is 3.60. The van der Waals surface area contributed by atoms with Gasteiger partial charge in [-0.25, -0.2) is 0 Å². The van der Waals surface area contributed by atoms with Gasteiger partial charge in [0.2, 0.25) is 0 Å². The van der Waals surface area contributed by atoms with E-state index in [1.165, 1.54) is 18.6 Å². The van der Waals surface area contributed by atoms with Crippen molar-refractivity contribution in [3.63, 3.8) is 0 Å². The average molecular weight is 363 g/mol. The molecule has 1 heterocycles. The number of hydrogen-bond acceptors (Lipinski definition) is 3. The summed E-state index contributed by atoms with van der Waals surface area (Å²) in [5, 5.41) is 0. The summed E-state index contributed by atoms with van der Waals surface area (Å²) in [4.78, 5) is 13.9. The van der Waals surface area contributed by atoms with E-state index in [0.717, 1.165) is 31.5 Å². The van der Waals surface area contributed by atoms with Crippen molar-refractivity contribution in [2.75, 3.05) is 13.1 Å². The number of piperidine rings is 1. The number of carbonyl (C=O) groups is 1. The summed E-state index contributed by atoms with van der Waals surface area (Å²) in [5.74, 6) is 0.162. The van der Waals surface area contributed by atoms with Crippen molar-refractivity contribution < 1.29 is 46.3 Å². The summed E-state index contributed by atoms with van der Waals surface area (Å²) in [5.41, 5.74) is 0.906. The van der Waals surface area contributed by atoms with Crippen LogP contribution in [0.1, 0.15) is 31.2 Å². The molecule has 110 valence electrons. The SMILES string of the molecule is O=C(CCc1ccc([As](=O)([O-])O)cc1)N1CCCCC1.[Na+]. The van der Waals surface area contributed by atoms with E-state index in [0.29, 0.717) is 12.8 Å². The van der Waals surface area contributed by atoms with Gasteiger partial charge >= 0.3 is 151 Å². The molecular weight excluding hydrogens is 344 g/mol. The molecular formula is C14H19AsNNaO4. The van der Waals surface area contributed by atoms with Gasteiger partial charge in [0.1, 0.15) is 0 Å². The Balaban J connectivity index is 0.00000220. The van der Waals surface area contributed by atoms with Crippen molar-refractivity contribution in [1.29, 1.82) is 0 Å². The molecule has 1 aliphatic heterocycles. The molecule has 1 N–H and O–H groups in total. The molecule has 0 spiro atoms. The molecule has 7 heteroatoms. The number of hydrogen-bond donors (Lipinski definition) is 1. The second-order valence-corrected chi connectivity index (χ2v) is 8.40. The maximum Gasteiger partial charge on any atom is 1.00 e. The van der Waals surface area contributed by atoms with Crippen LogP contribution in [-0.2, 0) is 15.0 Å². The Kier molecular flexibility index (Phi) is 7.75. The van der Waals surface area contributed by atoms with Gasteiger partial charge in [-0.1, -0.05) is 0 Å². The first-order valence-corrected chi connectivity index (χ1v) is 10.2. The Morgan fingerprint density at radius 2 is 1.76 bits per heavy atom. The van der Waals surface area contributed by atoms with Crippen LogP contribution in [0, 0.1) is 0 Å². The van der Waals surface area contributed by atoms with Gasteiger partial charge in [0.05, 0.1) is 0 Å². The molecule has 0 radical (unpaired) electrons. The van der Waals surface area contributed by atoms with Crippen molar-refractivity contribution in [3.05, 3.63) is 29.8 Å². The summed E-state index contributed by atoms with van der Waals surface area (Å²) in [6.45, 7) is 1.70. The molecule has 0 aliphatic carbocycles. The largest absolute Gasteiger partial charge is 1.00 e. The minimum absolute atomic E-state index is 0. The molecule has 1 saturated heterocycles. The van der Waals surface area contributed by atoms with Crippen LogP contribution >= 0.6 is 0 Å². The van der Waals surface area contributed by atoms with Gasteiger partial charge in [-0.15, -0.1) is 0 Å². The number of carbonyl (C=O) groups excluding carboxylic acids is 1. The Morgan fingerprint density at radius 3 is 2.29 bits per heavy atom. The molecule has 1 amide bonds. The van der Waals surface area contributed by atoms with Crippen molar-refractivity contribution in [2.45, 2.75) is 32.1 Å². The predicted octanol–water partition coefficient (Wildman–Crippen LogP) is -3.44. The van der Waals surface area contributed by atoms with Gasteiger partial charge in [-0.3, -0.25) is 0 Å². The monoisotopic (exact) mass is 363 g/mol. The molecule has 1 fully saturated rings. The molecule has 1 aliphatic rings. The van der Waals surface area contributed by atoms with Crippen LogP contribution in [0.25, 0.3) is 0 Å². The van der Waals surface area contributed by atoms with Crippen LogP contribution in [0.3, 0.4) is 0 Å². The Hall–Kier alpha value is -0.0316. The summed E-state index contributed by atoms with van der Waals surface area (Å²) in [7, 11) is 0. The normalized spacial score (nSPS) is 17.7. The van der Waals surface area contributed by atoms with Crippen LogP contribution in [0.2, 0.25) is 0 Å². The Labute approximate surface area is 150 Å². The third kappa shape index (κ3) is 5.93. The minimum atomic E-state index is -5.04. The van der Waals surface area contributed by atoms with E-state index >= 15 is 0 Å². The number of likely N-dealkylation sites (tertiary alicyclic amines) is 1. The van der Waals surface area contributed by atoms with Crippen molar-refractivity contribution in [3.8, 4) is 0 Å². The summed E-state index contributed by atoms with van der Waals surface area (Å²) in [6, 6.07) is 6.10. The topological polar surface area (TPSA) is 80.7 Å². The number of benzene rings is 1. The van der Waals surface area contributed by atoms with Gasteiger partial charge in [-0.2, -0.15) is 0 Å². The van der Waals surface area contributed by atoms with Gasteiger partial charge in [0.25, 0.3) is 0 Å². The first kappa shape index (κ1) is 19.0. The van der Waals surface area contributed by atoms with Crippen molar-refractivity contribution >= 4 is 24.4 Å². The molecule has 1 aromatic carbocycles. The van der Waals surface area contributed by atoms with Crippen molar-refractivity contribution in [1.82, 2.24) is 4.90 Å². The van der Waals surface area contributed by atoms with Crippen LogP contribution in [-0.4, -0.2) is 42.2 Å². The van der Waals surface area contributed by atoms with Crippen LogP contribution in [0.4, 0.5) is 0 Å². The summed E-state index contributed by atoms with van der Waals surface area (Å²) >= 11 is -5.04. The Bertz CT molecular complexity index is 508.